The lowest BCUT2D eigenvalue weighted by Gasteiger charge is -2.39. The lowest BCUT2D eigenvalue weighted by molar-refractivity contribution is -0.132. The predicted octanol–water partition coefficient (Wildman–Crippen LogP) is 3.16. The van der Waals surface area contributed by atoms with Gasteiger partial charge in [-0.05, 0) is 52.0 Å². The third-order valence-corrected chi connectivity index (χ3v) is 7.51. The average molecular weight is 471 g/mol. The van der Waals surface area contributed by atoms with E-state index in [4.69, 9.17) is 15.2 Å². The van der Waals surface area contributed by atoms with Crippen molar-refractivity contribution in [1.29, 1.82) is 0 Å². The minimum absolute atomic E-state index is 0.0169. The van der Waals surface area contributed by atoms with Gasteiger partial charge in [-0.3, -0.25) is 14.5 Å². The smallest absolute Gasteiger partial charge is 0.231 e. The van der Waals surface area contributed by atoms with E-state index in [1.807, 2.05) is 52.0 Å². The molecule has 0 aromatic heterocycles. The standard InChI is InChI=1S/C26H38N4O4/c1-6-26(4)15-22(31)30(24(27)29-26)20(11-12-33-5)17-13-18(17)23(32)28-19-14-25(2,3)34-21-10-8-7-9-16(19)21/h7-10,17-20H,6,11-15H2,1-5H3,(H2,27,29)(H,28,32)/t17-,18-,19-,20-,26+/m0/s1. The van der Waals surface area contributed by atoms with Crippen LogP contribution >= 0.6 is 0 Å². The van der Waals surface area contributed by atoms with Gasteiger partial charge in [-0.1, -0.05) is 25.1 Å². The summed E-state index contributed by atoms with van der Waals surface area (Å²) in [4.78, 5) is 32.7. The number of aliphatic imine (C=N–C) groups is 1. The van der Waals surface area contributed by atoms with E-state index >= 15 is 0 Å². The summed E-state index contributed by atoms with van der Waals surface area (Å²) in [5.74, 6) is 0.929. The summed E-state index contributed by atoms with van der Waals surface area (Å²) in [5, 5.41) is 3.27. The highest BCUT2D eigenvalue weighted by molar-refractivity contribution is 5.99. The Labute approximate surface area is 202 Å². The molecule has 4 rings (SSSR count). The number of guanidine groups is 1. The van der Waals surface area contributed by atoms with Crippen LogP contribution in [0.4, 0.5) is 0 Å². The van der Waals surface area contributed by atoms with Crippen LogP contribution in [0.5, 0.6) is 5.75 Å². The van der Waals surface area contributed by atoms with Gasteiger partial charge in [0.05, 0.1) is 18.0 Å². The Bertz CT molecular complexity index is 977. The molecule has 3 aliphatic rings. The summed E-state index contributed by atoms with van der Waals surface area (Å²) >= 11 is 0. The van der Waals surface area contributed by atoms with Crippen LogP contribution in [0.15, 0.2) is 29.3 Å². The largest absolute Gasteiger partial charge is 0.487 e. The van der Waals surface area contributed by atoms with Crippen molar-refractivity contribution in [1.82, 2.24) is 10.2 Å². The molecule has 8 nitrogen and oxygen atoms in total. The van der Waals surface area contributed by atoms with E-state index in [1.54, 1.807) is 12.0 Å². The van der Waals surface area contributed by atoms with E-state index in [0.29, 0.717) is 25.9 Å². The monoisotopic (exact) mass is 470 g/mol. The minimum Gasteiger partial charge on any atom is -0.487 e. The normalized spacial score (nSPS) is 30.6. The van der Waals surface area contributed by atoms with Crippen molar-refractivity contribution < 1.29 is 19.1 Å². The molecule has 2 aliphatic heterocycles. The number of carbonyl (C=O) groups is 2. The van der Waals surface area contributed by atoms with Crippen LogP contribution in [0.2, 0.25) is 0 Å². The number of nitrogens with zero attached hydrogens (tertiary/aromatic N) is 2. The maximum atomic E-state index is 13.3. The molecule has 186 valence electrons. The highest BCUT2D eigenvalue weighted by Crippen LogP contribution is 2.47. The fraction of sp³-hybridized carbons (Fsp3) is 0.654. The summed E-state index contributed by atoms with van der Waals surface area (Å²) in [7, 11) is 1.64. The van der Waals surface area contributed by atoms with Gasteiger partial charge in [0.1, 0.15) is 11.4 Å². The van der Waals surface area contributed by atoms with Crippen molar-refractivity contribution in [3.63, 3.8) is 0 Å². The number of nitrogens with two attached hydrogens (primary N) is 1. The van der Waals surface area contributed by atoms with Gasteiger partial charge in [0.25, 0.3) is 0 Å². The number of nitrogens with one attached hydrogen (secondary N) is 1. The van der Waals surface area contributed by atoms with E-state index in [1.165, 1.54) is 0 Å². The van der Waals surface area contributed by atoms with Crippen molar-refractivity contribution in [2.24, 2.45) is 22.6 Å². The van der Waals surface area contributed by atoms with Gasteiger partial charge in [-0.15, -0.1) is 0 Å². The lowest BCUT2D eigenvalue weighted by Crippen LogP contribution is -2.56. The molecule has 0 unspecified atom stereocenters. The molecule has 1 saturated carbocycles. The van der Waals surface area contributed by atoms with Crippen molar-refractivity contribution in [2.45, 2.75) is 83.0 Å². The summed E-state index contributed by atoms with van der Waals surface area (Å²) in [5.41, 5.74) is 6.48. The quantitative estimate of drug-likeness (QED) is 0.607. The maximum Gasteiger partial charge on any atom is 0.231 e. The number of rotatable bonds is 8. The minimum atomic E-state index is -0.465. The number of hydrogen-bond acceptors (Lipinski definition) is 6. The Balaban J connectivity index is 1.49. The number of benzene rings is 1. The fourth-order valence-electron chi connectivity index (χ4n) is 5.39. The molecule has 0 bridgehead atoms. The maximum absolute atomic E-state index is 13.3. The highest BCUT2D eigenvalue weighted by Gasteiger charge is 2.52. The molecule has 0 spiro atoms. The molecule has 0 radical (unpaired) electrons. The molecular formula is C26H38N4O4. The van der Waals surface area contributed by atoms with Gasteiger partial charge in [0, 0.05) is 37.7 Å². The highest BCUT2D eigenvalue weighted by atomic mass is 16.5. The number of ether oxygens (including phenoxy) is 2. The fourth-order valence-corrected chi connectivity index (χ4v) is 5.39. The van der Waals surface area contributed by atoms with Crippen LogP contribution in [-0.4, -0.2) is 53.6 Å². The number of fused-ring (bicyclic) bond motifs is 1. The van der Waals surface area contributed by atoms with Crippen molar-refractivity contribution in [3.05, 3.63) is 29.8 Å². The van der Waals surface area contributed by atoms with Gasteiger partial charge in [-0.2, -0.15) is 0 Å². The molecule has 34 heavy (non-hydrogen) atoms. The number of para-hydroxylation sites is 1. The lowest BCUT2D eigenvalue weighted by atomic mass is 9.89. The summed E-state index contributed by atoms with van der Waals surface area (Å²) in [6.07, 6.45) is 3.10. The first-order valence-corrected chi connectivity index (χ1v) is 12.3. The van der Waals surface area contributed by atoms with E-state index in [-0.39, 0.29) is 47.3 Å². The van der Waals surface area contributed by atoms with Crippen LogP contribution in [0.1, 0.15) is 71.4 Å². The van der Waals surface area contributed by atoms with Gasteiger partial charge in [0.2, 0.25) is 11.8 Å². The molecule has 1 fully saturated rings. The molecule has 3 N–H and O–H groups in total. The topological polar surface area (TPSA) is 106 Å². The van der Waals surface area contributed by atoms with E-state index in [9.17, 15) is 9.59 Å². The molecule has 5 atom stereocenters. The molecule has 2 amide bonds. The van der Waals surface area contributed by atoms with Crippen molar-refractivity contribution >= 4 is 17.8 Å². The van der Waals surface area contributed by atoms with E-state index < -0.39 is 5.54 Å². The third kappa shape index (κ3) is 4.92. The Hall–Kier alpha value is -2.61. The van der Waals surface area contributed by atoms with Crippen LogP contribution < -0.4 is 15.8 Å². The van der Waals surface area contributed by atoms with Crippen LogP contribution in [0.3, 0.4) is 0 Å². The molecule has 2 heterocycles. The Morgan fingerprint density at radius 2 is 2.09 bits per heavy atom. The molecule has 1 aromatic carbocycles. The third-order valence-electron chi connectivity index (χ3n) is 7.51. The first kappa shape index (κ1) is 24.5. The van der Waals surface area contributed by atoms with Gasteiger partial charge < -0.3 is 20.5 Å². The zero-order chi connectivity index (χ0) is 24.7. The second kappa shape index (κ2) is 9.21. The number of hydrogen-bond donors (Lipinski definition) is 2. The Kier molecular flexibility index (Phi) is 6.64. The summed E-state index contributed by atoms with van der Waals surface area (Å²) in [6.45, 7) is 8.53. The first-order chi connectivity index (χ1) is 16.1. The van der Waals surface area contributed by atoms with E-state index in [2.05, 4.69) is 10.3 Å². The van der Waals surface area contributed by atoms with Crippen molar-refractivity contribution in [3.8, 4) is 5.75 Å². The van der Waals surface area contributed by atoms with Crippen molar-refractivity contribution in [2.75, 3.05) is 13.7 Å². The second-order valence-electron chi connectivity index (χ2n) is 10.8. The van der Waals surface area contributed by atoms with Crippen LogP contribution in [-0.2, 0) is 14.3 Å². The Morgan fingerprint density at radius 1 is 1.35 bits per heavy atom. The molecule has 8 heteroatoms. The number of carbonyl (C=O) groups excluding carboxylic acids is 2. The SMILES string of the molecule is CC[C@]1(C)CC(=O)N([C@@H](CCOC)[C@H]2C[C@@H]2C(=O)N[C@H]2CC(C)(C)Oc3ccccc32)C(N)=N1. The van der Waals surface area contributed by atoms with Crippen LogP contribution in [0.25, 0.3) is 0 Å². The van der Waals surface area contributed by atoms with E-state index in [0.717, 1.165) is 24.2 Å². The molecule has 1 aliphatic carbocycles. The summed E-state index contributed by atoms with van der Waals surface area (Å²) in [6, 6.07) is 7.56. The van der Waals surface area contributed by atoms with Gasteiger partial charge in [0.15, 0.2) is 5.96 Å². The van der Waals surface area contributed by atoms with Gasteiger partial charge in [-0.25, -0.2) is 4.99 Å². The Morgan fingerprint density at radius 3 is 2.76 bits per heavy atom. The molecular weight excluding hydrogens is 432 g/mol. The average Bonchev–Trinajstić information content (AvgIpc) is 3.55. The zero-order valence-electron chi connectivity index (χ0n) is 21.0. The molecule has 1 aromatic rings. The summed E-state index contributed by atoms with van der Waals surface area (Å²) < 4.78 is 11.4. The zero-order valence-corrected chi connectivity index (χ0v) is 21.0. The van der Waals surface area contributed by atoms with Crippen LogP contribution in [0, 0.1) is 11.8 Å². The first-order valence-electron chi connectivity index (χ1n) is 12.3. The molecule has 0 saturated heterocycles. The number of amides is 2. The second-order valence-corrected chi connectivity index (χ2v) is 10.8. The predicted molar refractivity (Wildman–Crippen MR) is 130 cm³/mol. The van der Waals surface area contributed by atoms with Gasteiger partial charge >= 0.3 is 0 Å². The number of methoxy groups -OCH3 is 1.